The summed E-state index contributed by atoms with van der Waals surface area (Å²) in [7, 11) is 0. The summed E-state index contributed by atoms with van der Waals surface area (Å²) in [6.07, 6.45) is 1.08. The van der Waals surface area contributed by atoms with Gasteiger partial charge in [0, 0.05) is 43.5 Å². The van der Waals surface area contributed by atoms with Gasteiger partial charge in [0.05, 0.1) is 31.8 Å². The molecule has 0 aliphatic carbocycles. The largest absolute Gasteiger partial charge is 0.380 e. The second-order valence-corrected chi connectivity index (χ2v) is 8.11. The average molecular weight is 393 g/mol. The van der Waals surface area contributed by atoms with Crippen molar-refractivity contribution in [1.29, 1.82) is 0 Å². The third-order valence-corrected chi connectivity index (χ3v) is 6.20. The van der Waals surface area contributed by atoms with E-state index in [0.717, 1.165) is 5.56 Å². The van der Waals surface area contributed by atoms with Crippen molar-refractivity contribution < 1.29 is 19.1 Å². The maximum atomic E-state index is 13.2. The third-order valence-electron chi connectivity index (χ3n) is 5.97. The van der Waals surface area contributed by atoms with Gasteiger partial charge in [-0.25, -0.2) is 0 Å². The number of hydrogen-bond acceptors (Lipinski definition) is 4. The first kappa shape index (κ1) is 18.7. The maximum absolute atomic E-state index is 13.2. The molecular formula is C20H25ClN2O4. The molecule has 1 unspecified atom stereocenters. The van der Waals surface area contributed by atoms with E-state index < -0.39 is 5.41 Å². The molecular weight excluding hydrogens is 368 g/mol. The highest BCUT2D eigenvalue weighted by Crippen LogP contribution is 2.43. The molecule has 0 saturated carbocycles. The molecule has 1 aromatic rings. The van der Waals surface area contributed by atoms with Crippen LogP contribution in [0.4, 0.5) is 0 Å². The lowest BCUT2D eigenvalue weighted by Crippen LogP contribution is -2.52. The molecule has 146 valence electrons. The number of carbonyl (C=O) groups excluding carboxylic acids is 2. The minimum atomic E-state index is -0.580. The SMILES string of the molecule is O=C(CCc1cccc(Cl)c1)N1CC2COC[C@]2(C(=O)N2CCOCC2)C1. The normalized spacial score (nSPS) is 27.7. The van der Waals surface area contributed by atoms with Crippen LogP contribution < -0.4 is 0 Å². The summed E-state index contributed by atoms with van der Waals surface area (Å²) < 4.78 is 11.0. The Labute approximate surface area is 164 Å². The highest BCUT2D eigenvalue weighted by atomic mass is 35.5. The van der Waals surface area contributed by atoms with Crippen LogP contribution in [0, 0.1) is 11.3 Å². The van der Waals surface area contributed by atoms with Crippen molar-refractivity contribution in [2.24, 2.45) is 11.3 Å². The molecule has 7 heteroatoms. The van der Waals surface area contributed by atoms with Gasteiger partial charge in [-0.2, -0.15) is 0 Å². The van der Waals surface area contributed by atoms with Gasteiger partial charge in [-0.15, -0.1) is 0 Å². The third kappa shape index (κ3) is 3.71. The molecule has 6 nitrogen and oxygen atoms in total. The van der Waals surface area contributed by atoms with Gasteiger partial charge in [0.1, 0.15) is 0 Å². The predicted octanol–water partition coefficient (Wildman–Crippen LogP) is 1.61. The second kappa shape index (κ2) is 7.78. The molecule has 0 bridgehead atoms. The first-order chi connectivity index (χ1) is 13.1. The van der Waals surface area contributed by atoms with E-state index in [1.54, 1.807) is 0 Å². The zero-order chi connectivity index (χ0) is 18.9. The van der Waals surface area contributed by atoms with Gasteiger partial charge in [0.25, 0.3) is 0 Å². The van der Waals surface area contributed by atoms with Crippen molar-refractivity contribution in [2.75, 3.05) is 52.6 Å². The number of rotatable bonds is 4. The van der Waals surface area contributed by atoms with Gasteiger partial charge < -0.3 is 19.3 Å². The lowest BCUT2D eigenvalue weighted by Gasteiger charge is -2.35. The van der Waals surface area contributed by atoms with Gasteiger partial charge in [-0.05, 0) is 24.1 Å². The van der Waals surface area contributed by atoms with Crippen molar-refractivity contribution in [2.45, 2.75) is 12.8 Å². The molecule has 3 aliphatic rings. The Bertz CT molecular complexity index is 722. The Morgan fingerprint density at radius 1 is 1.19 bits per heavy atom. The van der Waals surface area contributed by atoms with E-state index in [9.17, 15) is 9.59 Å². The lowest BCUT2D eigenvalue weighted by atomic mass is 9.79. The minimum Gasteiger partial charge on any atom is -0.380 e. The van der Waals surface area contributed by atoms with Gasteiger partial charge in [0.2, 0.25) is 11.8 Å². The number of aryl methyl sites for hydroxylation is 1. The van der Waals surface area contributed by atoms with Gasteiger partial charge in [-0.1, -0.05) is 23.7 Å². The Kier molecular flexibility index (Phi) is 5.39. The van der Waals surface area contributed by atoms with E-state index in [0.29, 0.717) is 70.5 Å². The molecule has 0 spiro atoms. The van der Waals surface area contributed by atoms with Crippen LogP contribution >= 0.6 is 11.6 Å². The zero-order valence-corrected chi connectivity index (χ0v) is 16.1. The van der Waals surface area contributed by atoms with Crippen molar-refractivity contribution in [3.8, 4) is 0 Å². The fraction of sp³-hybridized carbons (Fsp3) is 0.600. The molecule has 4 rings (SSSR count). The summed E-state index contributed by atoms with van der Waals surface area (Å²) in [5.74, 6) is 0.305. The average Bonchev–Trinajstić information content (AvgIpc) is 3.25. The molecule has 0 aromatic heterocycles. The molecule has 2 amide bonds. The molecule has 0 radical (unpaired) electrons. The number of fused-ring (bicyclic) bond motifs is 1. The number of ether oxygens (including phenoxy) is 2. The Balaban J connectivity index is 1.40. The Hall–Kier alpha value is -1.63. The van der Waals surface area contributed by atoms with Crippen LogP contribution in [0.15, 0.2) is 24.3 Å². The van der Waals surface area contributed by atoms with E-state index in [-0.39, 0.29) is 17.7 Å². The minimum absolute atomic E-state index is 0.0861. The van der Waals surface area contributed by atoms with E-state index in [4.69, 9.17) is 21.1 Å². The van der Waals surface area contributed by atoms with Crippen molar-refractivity contribution in [3.63, 3.8) is 0 Å². The molecule has 3 saturated heterocycles. The van der Waals surface area contributed by atoms with Crippen molar-refractivity contribution in [3.05, 3.63) is 34.9 Å². The first-order valence-corrected chi connectivity index (χ1v) is 9.93. The van der Waals surface area contributed by atoms with Crippen LogP contribution in [-0.2, 0) is 25.5 Å². The molecule has 3 aliphatic heterocycles. The van der Waals surface area contributed by atoms with Crippen molar-refractivity contribution >= 4 is 23.4 Å². The number of amides is 2. The molecule has 3 heterocycles. The van der Waals surface area contributed by atoms with E-state index in [1.807, 2.05) is 34.1 Å². The van der Waals surface area contributed by atoms with E-state index in [1.165, 1.54) is 0 Å². The highest BCUT2D eigenvalue weighted by Gasteiger charge is 2.57. The van der Waals surface area contributed by atoms with E-state index in [2.05, 4.69) is 0 Å². The number of nitrogens with zero attached hydrogens (tertiary/aromatic N) is 2. The number of morpholine rings is 1. The monoisotopic (exact) mass is 392 g/mol. The van der Waals surface area contributed by atoms with Crippen LogP contribution in [0.3, 0.4) is 0 Å². The van der Waals surface area contributed by atoms with Crippen LogP contribution in [0.25, 0.3) is 0 Å². The van der Waals surface area contributed by atoms with Crippen LogP contribution in [0.2, 0.25) is 5.02 Å². The standard InChI is InChI=1S/C20H25ClN2O4/c21-17-3-1-2-15(10-17)4-5-18(24)23-11-16-12-27-14-20(16,13-23)19(25)22-6-8-26-9-7-22/h1-3,10,16H,4-9,11-14H2/t16?,20-/m1/s1. The van der Waals surface area contributed by atoms with Crippen LogP contribution in [-0.4, -0.2) is 74.2 Å². The van der Waals surface area contributed by atoms with Crippen LogP contribution in [0.1, 0.15) is 12.0 Å². The number of carbonyl (C=O) groups is 2. The lowest BCUT2D eigenvalue weighted by molar-refractivity contribution is -0.147. The molecule has 3 fully saturated rings. The summed E-state index contributed by atoms with van der Waals surface area (Å²) in [6.45, 7) is 4.42. The second-order valence-electron chi connectivity index (χ2n) is 7.68. The van der Waals surface area contributed by atoms with E-state index >= 15 is 0 Å². The quantitative estimate of drug-likeness (QED) is 0.781. The summed E-state index contributed by atoms with van der Waals surface area (Å²) >= 11 is 6.02. The van der Waals surface area contributed by atoms with Crippen LogP contribution in [0.5, 0.6) is 0 Å². The fourth-order valence-electron chi connectivity index (χ4n) is 4.41. The summed E-state index contributed by atoms with van der Waals surface area (Å²) in [4.78, 5) is 29.7. The molecule has 0 N–H and O–H groups in total. The van der Waals surface area contributed by atoms with Crippen molar-refractivity contribution in [1.82, 2.24) is 9.80 Å². The van der Waals surface area contributed by atoms with Gasteiger partial charge in [0.15, 0.2) is 0 Å². The molecule has 1 aromatic carbocycles. The molecule has 2 atom stereocenters. The van der Waals surface area contributed by atoms with Gasteiger partial charge in [-0.3, -0.25) is 9.59 Å². The topological polar surface area (TPSA) is 59.1 Å². The maximum Gasteiger partial charge on any atom is 0.233 e. The smallest absolute Gasteiger partial charge is 0.233 e. The van der Waals surface area contributed by atoms with Gasteiger partial charge >= 0.3 is 0 Å². The first-order valence-electron chi connectivity index (χ1n) is 9.55. The highest BCUT2D eigenvalue weighted by molar-refractivity contribution is 6.30. The zero-order valence-electron chi connectivity index (χ0n) is 15.4. The molecule has 27 heavy (non-hydrogen) atoms. The number of benzene rings is 1. The predicted molar refractivity (Wildman–Crippen MR) is 100 cm³/mol. The number of halogens is 1. The summed E-state index contributed by atoms with van der Waals surface area (Å²) in [5, 5.41) is 0.683. The Morgan fingerprint density at radius 3 is 2.78 bits per heavy atom. The summed E-state index contributed by atoms with van der Waals surface area (Å²) in [6, 6.07) is 7.60. The summed E-state index contributed by atoms with van der Waals surface area (Å²) in [5.41, 5.74) is 0.473. The number of likely N-dealkylation sites (tertiary alicyclic amines) is 1. The Morgan fingerprint density at radius 2 is 2.00 bits per heavy atom. The fourth-order valence-corrected chi connectivity index (χ4v) is 4.62. The number of hydrogen-bond donors (Lipinski definition) is 0.